The van der Waals surface area contributed by atoms with Crippen LogP contribution in [0.4, 0.5) is 5.69 Å². The lowest BCUT2D eigenvalue weighted by atomic mass is 10.0. The van der Waals surface area contributed by atoms with Crippen molar-refractivity contribution in [1.29, 1.82) is 0 Å². The summed E-state index contributed by atoms with van der Waals surface area (Å²) >= 11 is 0. The molecule has 138 valence electrons. The van der Waals surface area contributed by atoms with Gasteiger partial charge in [-0.3, -0.25) is 9.69 Å². The van der Waals surface area contributed by atoms with Crippen LogP contribution in [0.2, 0.25) is 0 Å². The molecule has 1 fully saturated rings. The van der Waals surface area contributed by atoms with Gasteiger partial charge < -0.3 is 10.1 Å². The van der Waals surface area contributed by atoms with Crippen molar-refractivity contribution in [2.75, 3.05) is 19.0 Å². The van der Waals surface area contributed by atoms with Crippen molar-refractivity contribution in [1.82, 2.24) is 4.90 Å². The molecule has 2 aromatic carbocycles. The number of ether oxygens (including phenoxy) is 1. The van der Waals surface area contributed by atoms with Gasteiger partial charge in [-0.2, -0.15) is 0 Å². The maximum absolute atomic E-state index is 12.5. The van der Waals surface area contributed by atoms with Crippen molar-refractivity contribution in [3.8, 4) is 5.75 Å². The van der Waals surface area contributed by atoms with Gasteiger partial charge in [0.15, 0.2) is 0 Å². The number of rotatable bonds is 8. The molecule has 0 atom stereocenters. The maximum atomic E-state index is 12.5. The molecule has 2 aromatic rings. The summed E-state index contributed by atoms with van der Waals surface area (Å²) in [5.74, 6) is 1.22. The molecule has 1 saturated carbocycles. The Labute approximate surface area is 156 Å². The third-order valence-electron chi connectivity index (χ3n) is 4.82. The molecule has 3 rings (SSSR count). The first-order valence-electron chi connectivity index (χ1n) is 9.32. The predicted octanol–water partition coefficient (Wildman–Crippen LogP) is 4.42. The Balaban J connectivity index is 1.62. The van der Waals surface area contributed by atoms with Gasteiger partial charge in [-0.15, -0.1) is 0 Å². The Morgan fingerprint density at radius 1 is 1.15 bits per heavy atom. The highest BCUT2D eigenvalue weighted by Crippen LogP contribution is 2.29. The molecule has 0 saturated heterocycles. The lowest BCUT2D eigenvalue weighted by molar-refractivity contribution is -0.117. The summed E-state index contributed by atoms with van der Waals surface area (Å²) in [6.45, 7) is 5.61. The van der Waals surface area contributed by atoms with Gasteiger partial charge >= 0.3 is 0 Å². The van der Waals surface area contributed by atoms with E-state index in [1.807, 2.05) is 24.3 Å². The topological polar surface area (TPSA) is 41.6 Å². The van der Waals surface area contributed by atoms with Crippen molar-refractivity contribution < 1.29 is 9.53 Å². The van der Waals surface area contributed by atoms with E-state index in [9.17, 15) is 4.79 Å². The molecule has 0 radical (unpaired) electrons. The lowest BCUT2D eigenvalue weighted by Gasteiger charge is -2.22. The third-order valence-corrected chi connectivity index (χ3v) is 4.82. The number of methoxy groups -OCH3 is 1. The first kappa shape index (κ1) is 18.5. The van der Waals surface area contributed by atoms with E-state index in [1.165, 1.54) is 24.0 Å². The van der Waals surface area contributed by atoms with Gasteiger partial charge in [-0.1, -0.05) is 50.2 Å². The van der Waals surface area contributed by atoms with E-state index in [1.54, 1.807) is 7.11 Å². The number of carbonyl (C=O) groups is 1. The molecule has 1 amide bonds. The van der Waals surface area contributed by atoms with Crippen LogP contribution in [-0.2, 0) is 11.3 Å². The number of nitrogens with zero attached hydrogens (tertiary/aromatic N) is 1. The Morgan fingerprint density at radius 3 is 2.46 bits per heavy atom. The molecule has 0 spiro atoms. The normalized spacial score (nSPS) is 13.9. The molecule has 4 nitrogen and oxygen atoms in total. The van der Waals surface area contributed by atoms with Crippen molar-refractivity contribution >= 4 is 11.6 Å². The average Bonchev–Trinajstić information content (AvgIpc) is 3.47. The number of para-hydroxylation sites is 2. The fourth-order valence-electron chi connectivity index (χ4n) is 3.12. The van der Waals surface area contributed by atoms with Crippen molar-refractivity contribution in [3.63, 3.8) is 0 Å². The third kappa shape index (κ3) is 4.85. The van der Waals surface area contributed by atoms with E-state index in [0.29, 0.717) is 24.3 Å². The summed E-state index contributed by atoms with van der Waals surface area (Å²) in [4.78, 5) is 14.8. The highest BCUT2D eigenvalue weighted by atomic mass is 16.5. The van der Waals surface area contributed by atoms with Crippen LogP contribution in [0.15, 0.2) is 48.5 Å². The molecule has 1 aliphatic rings. The molecule has 0 heterocycles. The standard InChI is InChI=1S/C22H28N2O2/c1-16(2)18-10-8-17(9-11-18)14-24(19-12-13-19)15-22(25)23-20-6-4-5-7-21(20)26-3/h4-11,16,19H,12-15H2,1-3H3,(H,23,25). The van der Waals surface area contributed by atoms with Crippen LogP contribution in [0.5, 0.6) is 5.75 Å². The molecular weight excluding hydrogens is 324 g/mol. The number of nitrogens with one attached hydrogen (secondary N) is 1. The number of hydrogen-bond donors (Lipinski definition) is 1. The first-order chi connectivity index (χ1) is 12.6. The molecule has 0 aliphatic heterocycles. The molecule has 0 aromatic heterocycles. The highest BCUT2D eigenvalue weighted by molar-refractivity contribution is 5.93. The van der Waals surface area contributed by atoms with Gasteiger partial charge in [0, 0.05) is 12.6 Å². The summed E-state index contributed by atoms with van der Waals surface area (Å²) in [5, 5.41) is 2.98. The lowest BCUT2D eigenvalue weighted by Crippen LogP contribution is -2.34. The van der Waals surface area contributed by atoms with Gasteiger partial charge in [0.25, 0.3) is 0 Å². The zero-order chi connectivity index (χ0) is 18.5. The van der Waals surface area contributed by atoms with Gasteiger partial charge in [0.2, 0.25) is 5.91 Å². The molecule has 4 heteroatoms. The quantitative estimate of drug-likeness (QED) is 0.764. The zero-order valence-corrected chi connectivity index (χ0v) is 15.9. The molecule has 1 N–H and O–H groups in total. The second-order valence-electron chi connectivity index (χ2n) is 7.28. The second-order valence-corrected chi connectivity index (χ2v) is 7.28. The summed E-state index contributed by atoms with van der Waals surface area (Å²) in [6.07, 6.45) is 2.35. The second kappa shape index (κ2) is 8.37. The Bertz CT molecular complexity index is 736. The Kier molecular flexibility index (Phi) is 5.94. The Hall–Kier alpha value is -2.33. The number of hydrogen-bond acceptors (Lipinski definition) is 3. The summed E-state index contributed by atoms with van der Waals surface area (Å²) in [7, 11) is 1.61. The van der Waals surface area contributed by atoms with Crippen LogP contribution in [0.3, 0.4) is 0 Å². The van der Waals surface area contributed by atoms with Gasteiger partial charge in [-0.25, -0.2) is 0 Å². The maximum Gasteiger partial charge on any atom is 0.238 e. The van der Waals surface area contributed by atoms with E-state index in [-0.39, 0.29) is 5.91 Å². The number of benzene rings is 2. The van der Waals surface area contributed by atoms with Crippen LogP contribution < -0.4 is 10.1 Å². The van der Waals surface area contributed by atoms with Crippen LogP contribution in [0.1, 0.15) is 43.7 Å². The fourth-order valence-corrected chi connectivity index (χ4v) is 3.12. The molecular formula is C22H28N2O2. The summed E-state index contributed by atoms with van der Waals surface area (Å²) in [6, 6.07) is 16.8. The van der Waals surface area contributed by atoms with Gasteiger partial charge in [-0.05, 0) is 42.0 Å². The summed E-state index contributed by atoms with van der Waals surface area (Å²) in [5.41, 5.74) is 3.32. The minimum Gasteiger partial charge on any atom is -0.495 e. The smallest absolute Gasteiger partial charge is 0.238 e. The van der Waals surface area contributed by atoms with Crippen molar-refractivity contribution in [3.05, 3.63) is 59.7 Å². The van der Waals surface area contributed by atoms with E-state index in [4.69, 9.17) is 4.74 Å². The largest absolute Gasteiger partial charge is 0.495 e. The van der Waals surface area contributed by atoms with Crippen LogP contribution in [-0.4, -0.2) is 30.5 Å². The van der Waals surface area contributed by atoms with Crippen LogP contribution >= 0.6 is 0 Å². The monoisotopic (exact) mass is 352 g/mol. The first-order valence-corrected chi connectivity index (χ1v) is 9.32. The van der Waals surface area contributed by atoms with Crippen molar-refractivity contribution in [2.45, 2.75) is 45.2 Å². The van der Waals surface area contributed by atoms with E-state index in [0.717, 1.165) is 12.2 Å². The molecule has 0 unspecified atom stereocenters. The van der Waals surface area contributed by atoms with E-state index in [2.05, 4.69) is 48.3 Å². The van der Waals surface area contributed by atoms with Crippen molar-refractivity contribution in [2.24, 2.45) is 0 Å². The number of anilines is 1. The van der Waals surface area contributed by atoms with Gasteiger partial charge in [0.05, 0.1) is 19.3 Å². The minimum absolute atomic E-state index is 0.000186. The average molecular weight is 352 g/mol. The van der Waals surface area contributed by atoms with E-state index < -0.39 is 0 Å². The van der Waals surface area contributed by atoms with Gasteiger partial charge in [0.1, 0.15) is 5.75 Å². The van der Waals surface area contributed by atoms with Crippen LogP contribution in [0, 0.1) is 0 Å². The molecule has 26 heavy (non-hydrogen) atoms. The molecule has 1 aliphatic carbocycles. The number of carbonyl (C=O) groups excluding carboxylic acids is 1. The molecule has 0 bridgehead atoms. The van der Waals surface area contributed by atoms with E-state index >= 15 is 0 Å². The minimum atomic E-state index is 0.000186. The zero-order valence-electron chi connectivity index (χ0n) is 15.9. The Morgan fingerprint density at radius 2 is 1.85 bits per heavy atom. The fraction of sp³-hybridized carbons (Fsp3) is 0.409. The highest BCUT2D eigenvalue weighted by Gasteiger charge is 2.30. The SMILES string of the molecule is COc1ccccc1NC(=O)CN(Cc1ccc(C(C)C)cc1)C1CC1. The summed E-state index contributed by atoms with van der Waals surface area (Å²) < 4.78 is 5.31. The van der Waals surface area contributed by atoms with Crippen LogP contribution in [0.25, 0.3) is 0 Å². The predicted molar refractivity (Wildman–Crippen MR) is 106 cm³/mol. The number of amides is 1.